The van der Waals surface area contributed by atoms with Crippen molar-refractivity contribution >= 4 is 11.8 Å². The third-order valence-electron chi connectivity index (χ3n) is 6.04. The van der Waals surface area contributed by atoms with Gasteiger partial charge in [0.2, 0.25) is 5.91 Å². The molecule has 1 aromatic carbocycles. The number of carbonyl (C=O) groups is 2. The first kappa shape index (κ1) is 22.9. The van der Waals surface area contributed by atoms with Crippen LogP contribution in [-0.2, 0) is 16.8 Å². The summed E-state index contributed by atoms with van der Waals surface area (Å²) < 4.78 is 29.3. The second kappa shape index (κ2) is 9.16. The maximum atomic E-state index is 14.2. The van der Waals surface area contributed by atoms with E-state index < -0.39 is 17.0 Å². The van der Waals surface area contributed by atoms with Crippen molar-refractivity contribution in [2.75, 3.05) is 13.1 Å². The Labute approximate surface area is 181 Å². The van der Waals surface area contributed by atoms with Gasteiger partial charge in [-0.2, -0.15) is 5.10 Å². The van der Waals surface area contributed by atoms with Crippen molar-refractivity contribution in [3.63, 3.8) is 0 Å². The highest BCUT2D eigenvalue weighted by Crippen LogP contribution is 2.27. The van der Waals surface area contributed by atoms with E-state index in [2.05, 4.69) is 17.3 Å². The number of benzene rings is 1. The molecular formula is C23H30F2N4O2. The molecule has 1 aliphatic rings. The van der Waals surface area contributed by atoms with E-state index in [4.69, 9.17) is 0 Å². The number of carbonyl (C=O) groups excluding carboxylic acids is 2. The van der Waals surface area contributed by atoms with Crippen molar-refractivity contribution < 1.29 is 18.4 Å². The van der Waals surface area contributed by atoms with E-state index in [9.17, 15) is 18.4 Å². The Hall–Kier alpha value is -2.77. The monoisotopic (exact) mass is 432 g/mol. The third-order valence-corrected chi connectivity index (χ3v) is 6.04. The number of likely N-dealkylation sites (tertiary alicyclic amines) is 1. The minimum absolute atomic E-state index is 0.0964. The molecule has 1 aromatic heterocycles. The van der Waals surface area contributed by atoms with Crippen molar-refractivity contribution in [3.05, 3.63) is 52.9 Å². The Bertz CT molecular complexity index is 970. The molecule has 2 aromatic rings. The van der Waals surface area contributed by atoms with Crippen LogP contribution < -0.4 is 5.32 Å². The first-order valence-electron chi connectivity index (χ1n) is 10.7. The van der Waals surface area contributed by atoms with E-state index in [1.807, 2.05) is 11.6 Å². The molecule has 2 heterocycles. The summed E-state index contributed by atoms with van der Waals surface area (Å²) in [4.78, 5) is 27.5. The zero-order valence-electron chi connectivity index (χ0n) is 18.5. The van der Waals surface area contributed by atoms with Gasteiger partial charge < -0.3 is 10.2 Å². The number of nitrogens with zero attached hydrogens (tertiary/aromatic N) is 3. The average Bonchev–Trinajstić information content (AvgIpc) is 3.32. The first-order valence-corrected chi connectivity index (χ1v) is 10.7. The van der Waals surface area contributed by atoms with E-state index >= 15 is 0 Å². The van der Waals surface area contributed by atoms with Crippen LogP contribution in [0.5, 0.6) is 0 Å². The first-order chi connectivity index (χ1) is 14.6. The molecule has 168 valence electrons. The van der Waals surface area contributed by atoms with Crippen LogP contribution in [0, 0.1) is 18.6 Å². The van der Waals surface area contributed by atoms with Crippen molar-refractivity contribution in [1.82, 2.24) is 20.0 Å². The van der Waals surface area contributed by atoms with Gasteiger partial charge in [0.25, 0.3) is 5.91 Å². The lowest BCUT2D eigenvalue weighted by atomic mass is 9.83. The van der Waals surface area contributed by atoms with Crippen molar-refractivity contribution in [2.24, 2.45) is 0 Å². The largest absolute Gasteiger partial charge is 0.351 e. The Balaban J connectivity index is 1.64. The van der Waals surface area contributed by atoms with Gasteiger partial charge in [-0.1, -0.05) is 19.4 Å². The summed E-state index contributed by atoms with van der Waals surface area (Å²) in [7, 11) is 0. The Morgan fingerprint density at radius 2 is 2.03 bits per heavy atom. The van der Waals surface area contributed by atoms with Gasteiger partial charge in [0.15, 0.2) is 0 Å². The van der Waals surface area contributed by atoms with Crippen LogP contribution in [0.25, 0.3) is 0 Å². The fourth-order valence-electron chi connectivity index (χ4n) is 3.91. The maximum absolute atomic E-state index is 14.2. The topological polar surface area (TPSA) is 67.2 Å². The normalized spacial score (nSPS) is 16.6. The van der Waals surface area contributed by atoms with Crippen molar-refractivity contribution in [2.45, 2.75) is 65.0 Å². The Morgan fingerprint density at radius 1 is 1.29 bits per heavy atom. The number of unbranched alkanes of at least 4 members (excludes halogenated alkanes) is 1. The summed E-state index contributed by atoms with van der Waals surface area (Å²) in [6, 6.07) is 3.00. The van der Waals surface area contributed by atoms with Crippen molar-refractivity contribution in [1.29, 1.82) is 0 Å². The molecule has 1 N–H and O–H groups in total. The van der Waals surface area contributed by atoms with Gasteiger partial charge >= 0.3 is 0 Å². The lowest BCUT2D eigenvalue weighted by molar-refractivity contribution is -0.126. The van der Waals surface area contributed by atoms with E-state index in [0.29, 0.717) is 25.1 Å². The number of hydrogen-bond donors (Lipinski definition) is 1. The molecule has 0 bridgehead atoms. The average molecular weight is 433 g/mol. The summed E-state index contributed by atoms with van der Waals surface area (Å²) in [5, 5.41) is 7.26. The summed E-state index contributed by atoms with van der Waals surface area (Å²) >= 11 is 0. The van der Waals surface area contributed by atoms with Gasteiger partial charge in [0, 0.05) is 43.0 Å². The predicted molar refractivity (Wildman–Crippen MR) is 114 cm³/mol. The number of halogens is 2. The van der Waals surface area contributed by atoms with Gasteiger partial charge in [0.1, 0.15) is 11.6 Å². The SMILES string of the molecule is CCCCn1ncc(C(=O)N2CC[C@@H](NC(=O)C(C)(C)c3ccc(F)cc3F)C2)c1C. The number of aromatic nitrogens is 2. The highest BCUT2D eigenvalue weighted by molar-refractivity contribution is 5.95. The second-order valence-electron chi connectivity index (χ2n) is 8.68. The van der Waals surface area contributed by atoms with Gasteiger partial charge in [-0.3, -0.25) is 14.3 Å². The number of nitrogens with one attached hydrogen (secondary N) is 1. The maximum Gasteiger partial charge on any atom is 0.257 e. The molecule has 0 unspecified atom stereocenters. The summed E-state index contributed by atoms with van der Waals surface area (Å²) in [6.07, 6.45) is 4.27. The van der Waals surface area contributed by atoms with Crippen LogP contribution in [0.4, 0.5) is 8.78 Å². The van der Waals surface area contributed by atoms with Crippen LogP contribution in [-0.4, -0.2) is 45.6 Å². The molecule has 8 heteroatoms. The second-order valence-corrected chi connectivity index (χ2v) is 8.68. The summed E-state index contributed by atoms with van der Waals surface area (Å²) in [5.41, 5.74) is 0.384. The molecule has 1 aliphatic heterocycles. The highest BCUT2D eigenvalue weighted by Gasteiger charge is 2.36. The minimum Gasteiger partial charge on any atom is -0.351 e. The molecule has 0 aliphatic carbocycles. The molecule has 1 atom stereocenters. The fraction of sp³-hybridized carbons (Fsp3) is 0.522. The molecule has 0 spiro atoms. The molecule has 1 fully saturated rings. The molecule has 0 saturated carbocycles. The predicted octanol–water partition coefficient (Wildman–Crippen LogP) is 3.58. The van der Waals surface area contributed by atoms with E-state index in [1.54, 1.807) is 24.9 Å². The smallest absolute Gasteiger partial charge is 0.257 e. The molecule has 6 nitrogen and oxygen atoms in total. The van der Waals surface area contributed by atoms with E-state index in [-0.39, 0.29) is 23.4 Å². The quantitative estimate of drug-likeness (QED) is 0.727. The van der Waals surface area contributed by atoms with Crippen LogP contribution in [0.15, 0.2) is 24.4 Å². The van der Waals surface area contributed by atoms with Gasteiger partial charge in [-0.25, -0.2) is 8.78 Å². The van der Waals surface area contributed by atoms with Crippen LogP contribution in [0.1, 0.15) is 61.6 Å². The number of aryl methyl sites for hydroxylation is 1. The molecule has 1 saturated heterocycles. The Kier molecular flexibility index (Phi) is 6.77. The third kappa shape index (κ3) is 4.78. The lowest BCUT2D eigenvalue weighted by Crippen LogP contribution is -2.46. The van der Waals surface area contributed by atoms with Gasteiger partial charge in [-0.15, -0.1) is 0 Å². The van der Waals surface area contributed by atoms with Gasteiger partial charge in [0.05, 0.1) is 17.2 Å². The number of amides is 2. The lowest BCUT2D eigenvalue weighted by Gasteiger charge is -2.27. The molecule has 3 rings (SSSR count). The molecule has 2 amide bonds. The molecule has 0 radical (unpaired) electrons. The minimum atomic E-state index is -1.17. The van der Waals surface area contributed by atoms with Crippen molar-refractivity contribution in [3.8, 4) is 0 Å². The van der Waals surface area contributed by atoms with Crippen LogP contribution >= 0.6 is 0 Å². The number of hydrogen-bond acceptors (Lipinski definition) is 3. The van der Waals surface area contributed by atoms with E-state index in [1.165, 1.54) is 6.07 Å². The summed E-state index contributed by atoms with van der Waals surface area (Å²) in [6.45, 7) is 8.89. The Morgan fingerprint density at radius 3 is 2.71 bits per heavy atom. The van der Waals surface area contributed by atoms with Crippen LogP contribution in [0.2, 0.25) is 0 Å². The fourth-order valence-corrected chi connectivity index (χ4v) is 3.91. The van der Waals surface area contributed by atoms with E-state index in [0.717, 1.165) is 37.2 Å². The zero-order valence-corrected chi connectivity index (χ0v) is 18.5. The number of rotatable bonds is 7. The highest BCUT2D eigenvalue weighted by atomic mass is 19.1. The molecule has 31 heavy (non-hydrogen) atoms. The van der Waals surface area contributed by atoms with Crippen LogP contribution in [0.3, 0.4) is 0 Å². The zero-order chi connectivity index (χ0) is 22.8. The summed E-state index contributed by atoms with van der Waals surface area (Å²) in [5.74, 6) is -1.89. The molecular weight excluding hydrogens is 402 g/mol. The van der Waals surface area contributed by atoms with Gasteiger partial charge in [-0.05, 0) is 39.7 Å². The standard InChI is InChI=1S/C23H30F2N4O2/c1-5-6-10-29-15(2)18(13-26-29)21(30)28-11-9-17(14-28)27-22(31)23(3,4)19-8-7-16(24)12-20(19)25/h7-8,12-13,17H,5-6,9-11,14H2,1-4H3,(H,27,31)/t17-/m1/s1.